The van der Waals surface area contributed by atoms with Crippen molar-refractivity contribution in [3.63, 3.8) is 0 Å². The van der Waals surface area contributed by atoms with Gasteiger partial charge in [-0.2, -0.15) is 8.78 Å². The summed E-state index contributed by atoms with van der Waals surface area (Å²) < 4.78 is 33.1. The van der Waals surface area contributed by atoms with Crippen LogP contribution in [0.4, 0.5) is 14.5 Å². The summed E-state index contributed by atoms with van der Waals surface area (Å²) in [6.07, 6.45) is 0. The van der Waals surface area contributed by atoms with Gasteiger partial charge in [-0.1, -0.05) is 0 Å². The molecule has 0 unspecified atom stereocenters. The Hall–Kier alpha value is -1.85. The van der Waals surface area contributed by atoms with Crippen molar-refractivity contribution >= 4 is 11.7 Å². The number of rotatable bonds is 4. The molecule has 1 rings (SSSR count). The molecule has 6 heteroatoms. The topological polar surface area (TPSA) is 61.5 Å². The Morgan fingerprint density at radius 3 is 2.65 bits per heavy atom. The second-order valence-electron chi connectivity index (χ2n) is 3.25. The van der Waals surface area contributed by atoms with E-state index in [0.29, 0.717) is 0 Å². The first kappa shape index (κ1) is 13.2. The maximum absolute atomic E-state index is 12.1. The van der Waals surface area contributed by atoms with E-state index >= 15 is 0 Å². The average Bonchev–Trinajstić information content (AvgIpc) is 2.24. The standard InChI is InChI=1S/C11H13F2NO3/c1-3-16-10(15)7-4-5-8(17-11(12)13)6(2)9(7)14/h4-5,11H,3,14H2,1-2H3. The zero-order valence-electron chi connectivity index (χ0n) is 9.50. The van der Waals surface area contributed by atoms with E-state index < -0.39 is 12.6 Å². The lowest BCUT2D eigenvalue weighted by molar-refractivity contribution is -0.0502. The first-order valence-corrected chi connectivity index (χ1v) is 4.98. The molecule has 0 amide bonds. The Balaban J connectivity index is 3.06. The summed E-state index contributed by atoms with van der Waals surface area (Å²) in [6.45, 7) is 0.443. The minimum absolute atomic E-state index is 0.0504. The van der Waals surface area contributed by atoms with Crippen LogP contribution in [0.15, 0.2) is 12.1 Å². The first-order chi connectivity index (χ1) is 7.97. The number of nitrogen functional groups attached to an aromatic ring is 1. The lowest BCUT2D eigenvalue weighted by atomic mass is 10.1. The van der Waals surface area contributed by atoms with Gasteiger partial charge in [-0.3, -0.25) is 0 Å². The van der Waals surface area contributed by atoms with Crippen LogP contribution < -0.4 is 10.5 Å². The van der Waals surface area contributed by atoms with Crippen LogP contribution in [0.2, 0.25) is 0 Å². The van der Waals surface area contributed by atoms with Gasteiger partial charge in [0.15, 0.2) is 0 Å². The Labute approximate surface area is 97.3 Å². The van der Waals surface area contributed by atoms with E-state index in [4.69, 9.17) is 10.5 Å². The van der Waals surface area contributed by atoms with Gasteiger partial charge in [0.05, 0.1) is 17.9 Å². The highest BCUT2D eigenvalue weighted by molar-refractivity contribution is 5.96. The summed E-state index contributed by atoms with van der Waals surface area (Å²) in [5, 5.41) is 0. The third-order valence-electron chi connectivity index (χ3n) is 2.18. The van der Waals surface area contributed by atoms with E-state index in [1.54, 1.807) is 6.92 Å². The van der Waals surface area contributed by atoms with Crippen molar-refractivity contribution in [2.75, 3.05) is 12.3 Å². The van der Waals surface area contributed by atoms with E-state index in [1.165, 1.54) is 19.1 Å². The van der Waals surface area contributed by atoms with E-state index in [9.17, 15) is 13.6 Å². The van der Waals surface area contributed by atoms with E-state index in [0.717, 1.165) is 0 Å². The Bertz CT molecular complexity index is 421. The summed E-state index contributed by atoms with van der Waals surface area (Å²) in [4.78, 5) is 11.5. The van der Waals surface area contributed by atoms with E-state index in [1.807, 2.05) is 0 Å². The van der Waals surface area contributed by atoms with Gasteiger partial charge in [0.25, 0.3) is 0 Å². The van der Waals surface area contributed by atoms with Crippen molar-refractivity contribution in [2.45, 2.75) is 20.5 Å². The molecular weight excluding hydrogens is 232 g/mol. The summed E-state index contributed by atoms with van der Waals surface area (Å²) in [6, 6.07) is 2.57. The quantitative estimate of drug-likeness (QED) is 0.653. The fourth-order valence-corrected chi connectivity index (χ4v) is 1.32. The first-order valence-electron chi connectivity index (χ1n) is 4.98. The zero-order valence-corrected chi connectivity index (χ0v) is 9.50. The molecule has 0 fully saturated rings. The molecule has 0 aliphatic rings. The highest BCUT2D eigenvalue weighted by atomic mass is 19.3. The van der Waals surface area contributed by atoms with Crippen LogP contribution >= 0.6 is 0 Å². The van der Waals surface area contributed by atoms with Crippen molar-refractivity contribution in [1.82, 2.24) is 0 Å². The van der Waals surface area contributed by atoms with Crippen LogP contribution in [0, 0.1) is 6.92 Å². The van der Waals surface area contributed by atoms with Crippen molar-refractivity contribution in [2.24, 2.45) is 0 Å². The number of carbonyl (C=O) groups is 1. The largest absolute Gasteiger partial charge is 0.462 e. The van der Waals surface area contributed by atoms with Gasteiger partial charge < -0.3 is 15.2 Å². The number of halogens is 2. The maximum Gasteiger partial charge on any atom is 0.387 e. The van der Waals surface area contributed by atoms with Crippen molar-refractivity contribution < 1.29 is 23.0 Å². The summed E-state index contributed by atoms with van der Waals surface area (Å²) in [5.74, 6) is -0.637. The van der Waals surface area contributed by atoms with Gasteiger partial charge in [-0.25, -0.2) is 4.79 Å². The molecule has 0 saturated carbocycles. The Morgan fingerprint density at radius 2 is 2.12 bits per heavy atom. The molecule has 2 N–H and O–H groups in total. The number of ether oxygens (including phenoxy) is 2. The van der Waals surface area contributed by atoms with Gasteiger partial charge in [0, 0.05) is 5.56 Å². The molecule has 0 aliphatic heterocycles. The molecule has 0 aliphatic carbocycles. The normalized spacial score (nSPS) is 10.4. The SMILES string of the molecule is CCOC(=O)c1ccc(OC(F)F)c(C)c1N. The third-order valence-corrected chi connectivity index (χ3v) is 2.18. The van der Waals surface area contributed by atoms with Crippen LogP contribution in [-0.2, 0) is 4.74 Å². The molecule has 0 saturated heterocycles. The highest BCUT2D eigenvalue weighted by Crippen LogP contribution is 2.28. The molecule has 1 aromatic rings. The average molecular weight is 245 g/mol. The summed E-state index contributed by atoms with van der Waals surface area (Å²) >= 11 is 0. The van der Waals surface area contributed by atoms with Gasteiger partial charge in [0.1, 0.15) is 5.75 Å². The van der Waals surface area contributed by atoms with Gasteiger partial charge in [0.2, 0.25) is 0 Å². The number of benzene rings is 1. The zero-order chi connectivity index (χ0) is 13.0. The Kier molecular flexibility index (Phi) is 4.25. The number of hydrogen-bond donors (Lipinski definition) is 1. The summed E-state index contributed by atoms with van der Waals surface area (Å²) in [7, 11) is 0. The maximum atomic E-state index is 12.1. The fourth-order valence-electron chi connectivity index (χ4n) is 1.32. The number of alkyl halides is 2. The van der Waals surface area contributed by atoms with Crippen LogP contribution in [0.5, 0.6) is 5.75 Å². The lowest BCUT2D eigenvalue weighted by Crippen LogP contribution is -2.11. The van der Waals surface area contributed by atoms with Crippen molar-refractivity contribution in [3.8, 4) is 5.75 Å². The molecule has 0 spiro atoms. The monoisotopic (exact) mass is 245 g/mol. The second kappa shape index (κ2) is 5.47. The number of hydrogen-bond acceptors (Lipinski definition) is 4. The molecule has 0 aromatic heterocycles. The van der Waals surface area contributed by atoms with Crippen molar-refractivity contribution in [1.29, 1.82) is 0 Å². The predicted octanol–water partition coefficient (Wildman–Crippen LogP) is 2.36. The van der Waals surface area contributed by atoms with Gasteiger partial charge >= 0.3 is 12.6 Å². The predicted molar refractivity (Wildman–Crippen MR) is 58.2 cm³/mol. The molecule has 4 nitrogen and oxygen atoms in total. The number of anilines is 1. The molecular formula is C11H13F2NO3. The van der Waals surface area contributed by atoms with Gasteiger partial charge in [-0.15, -0.1) is 0 Å². The molecule has 0 atom stereocenters. The van der Waals surface area contributed by atoms with Crippen LogP contribution in [0.1, 0.15) is 22.8 Å². The van der Waals surface area contributed by atoms with E-state index in [-0.39, 0.29) is 29.2 Å². The molecule has 1 aromatic carbocycles. The fraction of sp³-hybridized carbons (Fsp3) is 0.364. The van der Waals surface area contributed by atoms with Crippen LogP contribution in [0.25, 0.3) is 0 Å². The Morgan fingerprint density at radius 1 is 1.47 bits per heavy atom. The molecule has 0 bridgehead atoms. The van der Waals surface area contributed by atoms with E-state index in [2.05, 4.69) is 4.74 Å². The smallest absolute Gasteiger partial charge is 0.387 e. The number of nitrogens with two attached hydrogens (primary N) is 1. The number of carbonyl (C=O) groups excluding carboxylic acids is 1. The third kappa shape index (κ3) is 3.05. The molecule has 94 valence electrons. The lowest BCUT2D eigenvalue weighted by Gasteiger charge is -2.12. The molecule has 0 radical (unpaired) electrons. The number of esters is 1. The van der Waals surface area contributed by atoms with Crippen molar-refractivity contribution in [3.05, 3.63) is 23.3 Å². The van der Waals surface area contributed by atoms with Crippen LogP contribution in [0.3, 0.4) is 0 Å². The molecule has 17 heavy (non-hydrogen) atoms. The second-order valence-corrected chi connectivity index (χ2v) is 3.25. The van der Waals surface area contributed by atoms with Crippen LogP contribution in [-0.4, -0.2) is 19.2 Å². The van der Waals surface area contributed by atoms with Gasteiger partial charge in [-0.05, 0) is 26.0 Å². The molecule has 0 heterocycles. The summed E-state index contributed by atoms with van der Waals surface area (Å²) in [5.41, 5.74) is 6.18. The highest BCUT2D eigenvalue weighted by Gasteiger charge is 2.16. The minimum atomic E-state index is -2.93. The minimum Gasteiger partial charge on any atom is -0.462 e.